The molecule has 3 aliphatic rings. The number of nitrogens with two attached hydrogens (primary N) is 2. The Hall–Kier alpha value is -4.51. The molecule has 17 heteroatoms. The van der Waals surface area contributed by atoms with Gasteiger partial charge in [0.15, 0.2) is 11.3 Å². The highest BCUT2D eigenvalue weighted by Gasteiger charge is 2.53. The van der Waals surface area contributed by atoms with Crippen LogP contribution >= 0.6 is 23.3 Å². The molecule has 6 rings (SSSR count). The summed E-state index contributed by atoms with van der Waals surface area (Å²) in [5, 5.41) is 22.5. The summed E-state index contributed by atoms with van der Waals surface area (Å²) in [4.78, 5) is 49.3. The van der Waals surface area contributed by atoms with Gasteiger partial charge in [0.2, 0.25) is 11.5 Å². The van der Waals surface area contributed by atoms with Crippen molar-refractivity contribution in [3.8, 4) is 0 Å². The van der Waals surface area contributed by atoms with Crippen molar-refractivity contribution in [1.29, 1.82) is 0 Å². The number of carbonyl (C=O) groups is 3. The molecule has 5 N–H and O–H groups in total. The molecule has 0 radical (unpaired) electrons. The summed E-state index contributed by atoms with van der Waals surface area (Å²) in [5.41, 5.74) is 12.4. The van der Waals surface area contributed by atoms with Gasteiger partial charge in [0, 0.05) is 28.9 Å². The maximum atomic E-state index is 13.2. The lowest BCUT2D eigenvalue weighted by Gasteiger charge is -2.50. The van der Waals surface area contributed by atoms with Crippen LogP contribution in [0.4, 0.5) is 10.9 Å². The molecule has 3 aromatic heterocycles. The minimum Gasteiger partial charge on any atom is -0.543 e. The first-order valence-corrected chi connectivity index (χ1v) is 13.9. The van der Waals surface area contributed by atoms with Crippen LogP contribution in [0.5, 0.6) is 0 Å². The first kappa shape index (κ1) is 25.8. The predicted octanol–water partition coefficient (Wildman–Crippen LogP) is -1.82. The maximum absolute atomic E-state index is 13.2. The Balaban J connectivity index is 1.22. The SMILES string of the molecule is Nc1nc(/C(=N/OC2C=CCC2)C(=O)N[C@@H]2C(=O)N3C(C(=O)[O-])=C(C[n+]4cc(N)n5ncccc54)CS[C@H]23)ns1. The minimum absolute atomic E-state index is 0.0370. The number of fused-ring (bicyclic) bond motifs is 2. The van der Waals surface area contributed by atoms with Crippen molar-refractivity contribution in [3.05, 3.63) is 53.8 Å². The number of carboxylic acids is 1. The Morgan fingerprint density at radius 3 is 2.92 bits per heavy atom. The van der Waals surface area contributed by atoms with E-state index in [0.29, 0.717) is 23.5 Å². The number of imidazole rings is 1. The summed E-state index contributed by atoms with van der Waals surface area (Å²) >= 11 is 2.20. The number of rotatable bonds is 8. The Morgan fingerprint density at radius 1 is 1.35 bits per heavy atom. The first-order valence-electron chi connectivity index (χ1n) is 12.1. The summed E-state index contributed by atoms with van der Waals surface area (Å²) in [5.74, 6) is -2.23. The quantitative estimate of drug-likeness (QED) is 0.0885. The van der Waals surface area contributed by atoms with Gasteiger partial charge < -0.3 is 31.5 Å². The van der Waals surface area contributed by atoms with E-state index in [-0.39, 0.29) is 40.8 Å². The molecule has 5 heterocycles. The lowest BCUT2D eigenvalue weighted by atomic mass is 10.0. The molecule has 206 valence electrons. The van der Waals surface area contributed by atoms with Crippen molar-refractivity contribution in [2.75, 3.05) is 17.2 Å². The van der Waals surface area contributed by atoms with Crippen LogP contribution in [0.3, 0.4) is 0 Å². The Morgan fingerprint density at radius 2 is 2.20 bits per heavy atom. The van der Waals surface area contributed by atoms with Gasteiger partial charge in [-0.3, -0.25) is 14.5 Å². The summed E-state index contributed by atoms with van der Waals surface area (Å²) in [6.45, 7) is 0.150. The lowest BCUT2D eigenvalue weighted by Crippen LogP contribution is -2.71. The number of carboxylic acid groups (broad SMARTS) is 1. The third kappa shape index (κ3) is 4.51. The van der Waals surface area contributed by atoms with Crippen LogP contribution in [0.15, 0.2) is 53.1 Å². The number of nitrogen functional groups attached to an aromatic ring is 2. The van der Waals surface area contributed by atoms with E-state index in [2.05, 4.69) is 24.9 Å². The number of nitrogens with one attached hydrogen (secondary N) is 1. The van der Waals surface area contributed by atoms with Crippen molar-refractivity contribution in [2.24, 2.45) is 5.16 Å². The number of amides is 2. The molecule has 1 saturated heterocycles. The van der Waals surface area contributed by atoms with Crippen molar-refractivity contribution in [3.63, 3.8) is 0 Å². The van der Waals surface area contributed by atoms with E-state index in [1.54, 1.807) is 29.1 Å². The zero-order valence-corrected chi connectivity index (χ0v) is 22.3. The van der Waals surface area contributed by atoms with Crippen LogP contribution in [0.1, 0.15) is 18.7 Å². The minimum atomic E-state index is -1.49. The van der Waals surface area contributed by atoms with E-state index >= 15 is 0 Å². The number of hydrogen-bond donors (Lipinski definition) is 3. The van der Waals surface area contributed by atoms with E-state index < -0.39 is 29.2 Å². The lowest BCUT2D eigenvalue weighted by molar-refractivity contribution is -0.662. The van der Waals surface area contributed by atoms with Crippen LogP contribution in [-0.2, 0) is 25.8 Å². The molecule has 3 atom stereocenters. The number of carbonyl (C=O) groups excluding carboxylic acids is 3. The smallest absolute Gasteiger partial charge is 0.309 e. The summed E-state index contributed by atoms with van der Waals surface area (Å²) < 4.78 is 7.32. The number of aromatic nitrogens is 5. The van der Waals surface area contributed by atoms with Gasteiger partial charge in [-0.1, -0.05) is 20.8 Å². The highest BCUT2D eigenvalue weighted by Crippen LogP contribution is 2.40. The number of allylic oxidation sites excluding steroid dienone is 1. The fourth-order valence-corrected chi connectivity index (χ4v) is 6.49. The van der Waals surface area contributed by atoms with Crippen molar-refractivity contribution < 1.29 is 28.9 Å². The fraction of sp³-hybridized carbons (Fsp3) is 0.304. The molecule has 1 unspecified atom stereocenters. The molecule has 1 fully saturated rings. The molecule has 3 aromatic rings. The van der Waals surface area contributed by atoms with Crippen LogP contribution in [0.2, 0.25) is 0 Å². The number of β-lactam (4-membered cyclic amide) rings is 1. The van der Waals surface area contributed by atoms with Crippen molar-refractivity contribution >= 4 is 63.4 Å². The number of oxime groups is 1. The number of nitrogens with zero attached hydrogens (tertiary/aromatic N) is 7. The number of anilines is 2. The molecule has 2 amide bonds. The second kappa shape index (κ2) is 10.2. The molecular weight excluding hydrogens is 560 g/mol. The third-order valence-corrected chi connectivity index (χ3v) is 8.44. The van der Waals surface area contributed by atoms with Crippen LogP contribution in [0, 0.1) is 0 Å². The molecule has 0 saturated carbocycles. The molecule has 0 aromatic carbocycles. The average Bonchev–Trinajstić information content (AvgIpc) is 3.69. The summed E-state index contributed by atoms with van der Waals surface area (Å²) in [6.07, 6.45) is 8.24. The number of hydrogen-bond acceptors (Lipinski definition) is 13. The zero-order valence-electron chi connectivity index (χ0n) is 20.7. The van der Waals surface area contributed by atoms with E-state index in [1.807, 2.05) is 12.2 Å². The van der Waals surface area contributed by atoms with Gasteiger partial charge in [-0.25, -0.2) is 4.57 Å². The number of aliphatic carboxylic acids is 1. The van der Waals surface area contributed by atoms with Crippen LogP contribution in [0.25, 0.3) is 5.65 Å². The second-order valence-electron chi connectivity index (χ2n) is 9.12. The molecule has 1 aliphatic carbocycles. The normalized spacial score (nSPS) is 22.4. The highest BCUT2D eigenvalue weighted by atomic mass is 32.2. The Bertz CT molecular complexity index is 1630. The first-order chi connectivity index (χ1) is 19.3. The molecule has 40 heavy (non-hydrogen) atoms. The van der Waals surface area contributed by atoms with Gasteiger partial charge >= 0.3 is 5.65 Å². The zero-order chi connectivity index (χ0) is 28.0. The van der Waals surface area contributed by atoms with Gasteiger partial charge in [-0.2, -0.15) is 9.36 Å². The van der Waals surface area contributed by atoms with Gasteiger partial charge in [0.05, 0.1) is 17.9 Å². The van der Waals surface area contributed by atoms with E-state index in [4.69, 9.17) is 16.3 Å². The second-order valence-corrected chi connectivity index (χ2v) is 11.0. The molecule has 0 spiro atoms. The molecule has 15 nitrogen and oxygen atoms in total. The highest BCUT2D eigenvalue weighted by molar-refractivity contribution is 8.00. The Labute approximate surface area is 234 Å². The van der Waals surface area contributed by atoms with Crippen LogP contribution < -0.4 is 26.5 Å². The summed E-state index contributed by atoms with van der Waals surface area (Å²) in [7, 11) is 0. The van der Waals surface area contributed by atoms with Crippen LogP contribution in [-0.4, -0.2) is 70.6 Å². The van der Waals surface area contributed by atoms with Gasteiger partial charge in [0.25, 0.3) is 17.6 Å². The van der Waals surface area contributed by atoms with E-state index in [1.165, 1.54) is 16.3 Å². The van der Waals surface area contributed by atoms with E-state index in [0.717, 1.165) is 22.9 Å². The Kier molecular flexibility index (Phi) is 6.59. The standard InChI is InChI=1S/C23H22N10O5S2/c24-13-9-31(14-6-3-7-26-33(13)14)8-11-10-39-21-16(20(35)32(21)17(11)22(36)37)27-19(34)15(18-28-23(25)40-30-18)29-38-12-4-1-2-5-12/h1,3-4,6-7,9,12,16,21H,2,5,8,10H2,(H5-,24,25,26,27,28,30,34,36,37)/b29-15-/t12?,16-,21-/m1/s1. The van der Waals surface area contributed by atoms with E-state index in [9.17, 15) is 19.5 Å². The van der Waals surface area contributed by atoms with Gasteiger partial charge in [0.1, 0.15) is 24.1 Å². The molecular formula is C23H22N10O5S2. The maximum Gasteiger partial charge on any atom is 0.309 e. The monoisotopic (exact) mass is 582 g/mol. The van der Waals surface area contributed by atoms with Crippen molar-refractivity contribution in [2.45, 2.75) is 36.9 Å². The van der Waals surface area contributed by atoms with Gasteiger partial charge in [-0.15, -0.1) is 11.8 Å². The number of thioether (sulfide) groups is 1. The largest absolute Gasteiger partial charge is 0.543 e. The van der Waals surface area contributed by atoms with Gasteiger partial charge in [-0.05, 0) is 25.0 Å². The topological polar surface area (TPSA) is 210 Å². The summed E-state index contributed by atoms with van der Waals surface area (Å²) in [6, 6.07) is 2.52. The third-order valence-electron chi connectivity index (χ3n) is 6.56. The molecule has 0 bridgehead atoms. The van der Waals surface area contributed by atoms with Crippen molar-refractivity contribution in [1.82, 2.24) is 29.2 Å². The predicted molar refractivity (Wildman–Crippen MR) is 141 cm³/mol. The molecule has 2 aliphatic heterocycles. The average molecular weight is 583 g/mol. The fourth-order valence-electron chi connectivity index (χ4n) is 4.72.